The van der Waals surface area contributed by atoms with Crippen LogP contribution in [0.25, 0.3) is 0 Å². The minimum Gasteiger partial charge on any atom is -0.462 e. The first kappa shape index (κ1) is 99.1. The smallest absolute Gasteiger partial charge is 0.462 e. The Kier molecular flexibility index (Phi) is 69.6. The van der Waals surface area contributed by atoms with Gasteiger partial charge in [0.2, 0.25) is 0 Å². The molecule has 0 fully saturated rings. The highest BCUT2D eigenvalue weighted by molar-refractivity contribution is 7.47. The molecule has 3 N–H and O–H groups in total. The van der Waals surface area contributed by atoms with Gasteiger partial charge in [0.05, 0.1) is 26.4 Å². The summed E-state index contributed by atoms with van der Waals surface area (Å²) in [5.74, 6) is 0.970. The van der Waals surface area contributed by atoms with Gasteiger partial charge in [-0.1, -0.05) is 370 Å². The predicted molar refractivity (Wildman–Crippen MR) is 414 cm³/mol. The molecular formula is C82H160O17P2. The topological polar surface area (TPSA) is 237 Å². The van der Waals surface area contributed by atoms with Crippen molar-refractivity contribution in [2.45, 2.75) is 440 Å². The number of carbonyl (C=O) groups is 4. The first-order chi connectivity index (χ1) is 48.6. The molecule has 0 spiro atoms. The van der Waals surface area contributed by atoms with Crippen LogP contribution in [-0.2, 0) is 65.4 Å². The molecule has 0 amide bonds. The Labute approximate surface area is 619 Å². The third-order valence-corrected chi connectivity index (χ3v) is 21.3. The van der Waals surface area contributed by atoms with E-state index >= 15 is 0 Å². The van der Waals surface area contributed by atoms with Crippen LogP contribution < -0.4 is 0 Å². The number of ether oxygens (including phenoxy) is 4. The van der Waals surface area contributed by atoms with Crippen molar-refractivity contribution in [3.8, 4) is 0 Å². The fraction of sp³-hybridized carbons (Fsp3) is 0.951. The fourth-order valence-electron chi connectivity index (χ4n) is 12.6. The first-order valence-corrected chi connectivity index (χ1v) is 45.2. The summed E-state index contributed by atoms with van der Waals surface area (Å²) in [6, 6.07) is 0. The molecule has 0 aliphatic rings. The van der Waals surface area contributed by atoms with Crippen molar-refractivity contribution in [3.63, 3.8) is 0 Å². The van der Waals surface area contributed by atoms with E-state index < -0.39 is 97.5 Å². The minimum atomic E-state index is -4.96. The molecule has 0 bridgehead atoms. The highest BCUT2D eigenvalue weighted by atomic mass is 31.2. The molecule has 17 nitrogen and oxygen atoms in total. The molecule has 0 aromatic rings. The number of phosphoric acid groups is 2. The maximum absolute atomic E-state index is 13.1. The molecule has 0 saturated heterocycles. The Morgan fingerprint density at radius 2 is 0.475 bits per heavy atom. The Morgan fingerprint density at radius 3 is 0.703 bits per heavy atom. The first-order valence-electron chi connectivity index (χ1n) is 42.2. The number of aliphatic hydroxyl groups is 1. The van der Waals surface area contributed by atoms with Crippen LogP contribution in [0.3, 0.4) is 0 Å². The van der Waals surface area contributed by atoms with Crippen molar-refractivity contribution >= 4 is 39.5 Å². The number of carbonyl (C=O) groups excluding carboxylic acids is 4. The van der Waals surface area contributed by atoms with Gasteiger partial charge >= 0.3 is 39.5 Å². The average Bonchev–Trinajstić information content (AvgIpc) is 0.913. The summed E-state index contributed by atoms with van der Waals surface area (Å²) in [7, 11) is -9.92. The molecule has 0 aromatic carbocycles. The van der Waals surface area contributed by atoms with E-state index in [1.807, 2.05) is 0 Å². The predicted octanol–water partition coefficient (Wildman–Crippen LogP) is 24.4. The van der Waals surface area contributed by atoms with Gasteiger partial charge in [0.15, 0.2) is 12.2 Å². The number of rotatable bonds is 79. The van der Waals surface area contributed by atoms with E-state index in [1.165, 1.54) is 218 Å². The van der Waals surface area contributed by atoms with Gasteiger partial charge in [-0.05, 0) is 49.4 Å². The van der Waals surface area contributed by atoms with Crippen LogP contribution in [-0.4, -0.2) is 96.7 Å². The normalized spacial score (nSPS) is 14.3. The van der Waals surface area contributed by atoms with Gasteiger partial charge in [0, 0.05) is 25.7 Å². The summed E-state index contributed by atoms with van der Waals surface area (Å²) >= 11 is 0. The second-order valence-electron chi connectivity index (χ2n) is 31.2. The standard InChI is InChI=1S/C82H160O17P2/c1-9-75(8)61-53-45-36-32-33-37-46-54-62-79(84)92-68-77(98-81(86)64-56-48-38-30-26-22-18-13-11-10-12-16-20-24-28-34-42-50-58-72(2)3)70-96-100(88,89)94-66-76(83)67-95-101(90,91)97-71-78(69-93-80(85)63-55-47-41-40-44-52-60-74(6)7)99-82(87)65-57-49-39-31-27-23-19-15-14-17-21-25-29-35-43-51-59-73(4)5/h72-78,83H,9-71H2,1-8H3,(H,88,89)(H,90,91)/t75?,76?,77-,78-/m1/s1. The molecular weight excluding hydrogens is 1320 g/mol. The lowest BCUT2D eigenvalue weighted by Crippen LogP contribution is -2.30. The largest absolute Gasteiger partial charge is 0.472 e. The Hall–Kier alpha value is -1.94. The van der Waals surface area contributed by atoms with E-state index in [2.05, 4.69) is 55.4 Å². The number of aliphatic hydroxyl groups excluding tert-OH is 1. The third kappa shape index (κ3) is 74.7. The van der Waals surface area contributed by atoms with E-state index in [0.717, 1.165) is 114 Å². The Morgan fingerprint density at radius 1 is 0.277 bits per heavy atom. The lowest BCUT2D eigenvalue weighted by molar-refractivity contribution is -0.161. The molecule has 0 heterocycles. The molecule has 0 aliphatic heterocycles. The van der Waals surface area contributed by atoms with Crippen molar-refractivity contribution in [2.75, 3.05) is 39.6 Å². The quantitative estimate of drug-likeness (QED) is 0.0222. The summed E-state index contributed by atoms with van der Waals surface area (Å²) in [5.41, 5.74) is 0. The van der Waals surface area contributed by atoms with E-state index in [4.69, 9.17) is 37.0 Å². The average molecular weight is 1480 g/mol. The number of unbranched alkanes of at least 4 members (excludes halogenated alkanes) is 44. The zero-order valence-corrected chi connectivity index (χ0v) is 68.3. The summed E-state index contributed by atoms with van der Waals surface area (Å²) < 4.78 is 68.7. The van der Waals surface area contributed by atoms with Gasteiger partial charge in [0.1, 0.15) is 19.3 Å². The lowest BCUT2D eigenvalue weighted by Gasteiger charge is -2.21. The van der Waals surface area contributed by atoms with Crippen LogP contribution in [0.2, 0.25) is 0 Å². The Balaban J connectivity index is 5.18. The molecule has 0 rings (SSSR count). The van der Waals surface area contributed by atoms with Gasteiger partial charge in [-0.25, -0.2) is 9.13 Å². The zero-order chi connectivity index (χ0) is 74.6. The van der Waals surface area contributed by atoms with Gasteiger partial charge in [-0.2, -0.15) is 0 Å². The van der Waals surface area contributed by atoms with Crippen molar-refractivity contribution in [3.05, 3.63) is 0 Å². The van der Waals surface area contributed by atoms with Crippen LogP contribution >= 0.6 is 15.6 Å². The monoisotopic (exact) mass is 1480 g/mol. The highest BCUT2D eigenvalue weighted by Crippen LogP contribution is 2.45. The second-order valence-corrected chi connectivity index (χ2v) is 34.1. The van der Waals surface area contributed by atoms with Crippen LogP contribution in [0.5, 0.6) is 0 Å². The number of hydrogen-bond acceptors (Lipinski definition) is 15. The second kappa shape index (κ2) is 71.0. The van der Waals surface area contributed by atoms with Crippen molar-refractivity contribution in [1.29, 1.82) is 0 Å². The summed E-state index contributed by atoms with van der Waals surface area (Å²) in [6.07, 6.45) is 58.5. The van der Waals surface area contributed by atoms with E-state index in [9.17, 15) is 43.2 Å². The molecule has 600 valence electrons. The summed E-state index contributed by atoms with van der Waals surface area (Å²) in [5, 5.41) is 10.6. The van der Waals surface area contributed by atoms with Crippen LogP contribution in [0.15, 0.2) is 0 Å². The number of hydrogen-bond donors (Lipinski definition) is 3. The number of phosphoric ester groups is 2. The van der Waals surface area contributed by atoms with Crippen LogP contribution in [0.1, 0.15) is 421 Å². The minimum absolute atomic E-state index is 0.107. The molecule has 0 aliphatic carbocycles. The van der Waals surface area contributed by atoms with Crippen LogP contribution in [0, 0.1) is 23.7 Å². The van der Waals surface area contributed by atoms with Crippen LogP contribution in [0.4, 0.5) is 0 Å². The molecule has 6 atom stereocenters. The Bertz CT molecular complexity index is 1970. The molecule has 0 aromatic heterocycles. The van der Waals surface area contributed by atoms with Gasteiger partial charge in [-0.3, -0.25) is 37.3 Å². The van der Waals surface area contributed by atoms with Gasteiger partial charge < -0.3 is 33.8 Å². The molecule has 101 heavy (non-hydrogen) atoms. The van der Waals surface area contributed by atoms with Gasteiger partial charge in [0.25, 0.3) is 0 Å². The molecule has 0 saturated carbocycles. The summed E-state index contributed by atoms with van der Waals surface area (Å²) in [4.78, 5) is 73.0. The third-order valence-electron chi connectivity index (χ3n) is 19.4. The van der Waals surface area contributed by atoms with Gasteiger partial charge in [-0.15, -0.1) is 0 Å². The number of esters is 4. The van der Waals surface area contributed by atoms with E-state index in [1.54, 1.807) is 0 Å². The lowest BCUT2D eigenvalue weighted by atomic mass is 9.99. The SMILES string of the molecule is CCC(C)CCCCCCCCCCC(=O)OC[C@H](COP(=O)(O)OCC(O)COP(=O)(O)OC[C@@H](COC(=O)CCCCCCCCC(C)C)OC(=O)CCCCCCCCCCCCCCCCCCC(C)C)OC(=O)CCCCCCCCCCCCCCCCCCCCC(C)C. The highest BCUT2D eigenvalue weighted by Gasteiger charge is 2.30. The maximum atomic E-state index is 13.1. The van der Waals surface area contributed by atoms with Crippen molar-refractivity contribution < 1.29 is 80.2 Å². The zero-order valence-electron chi connectivity index (χ0n) is 66.5. The maximum Gasteiger partial charge on any atom is 0.472 e. The molecule has 0 radical (unpaired) electrons. The fourth-order valence-corrected chi connectivity index (χ4v) is 14.2. The summed E-state index contributed by atoms with van der Waals surface area (Å²) in [6.45, 7) is 14.2. The molecule has 19 heteroatoms. The van der Waals surface area contributed by atoms with E-state index in [0.29, 0.717) is 31.6 Å². The van der Waals surface area contributed by atoms with Crippen molar-refractivity contribution in [1.82, 2.24) is 0 Å². The van der Waals surface area contributed by atoms with E-state index in [-0.39, 0.29) is 25.7 Å². The molecule has 4 unspecified atom stereocenters. The van der Waals surface area contributed by atoms with Crippen molar-refractivity contribution in [2.24, 2.45) is 23.7 Å².